The van der Waals surface area contributed by atoms with Crippen LogP contribution in [-0.4, -0.2) is 41.8 Å². The van der Waals surface area contributed by atoms with Crippen LogP contribution >= 0.6 is 0 Å². The minimum Gasteiger partial charge on any atom is -0.444 e. The first kappa shape index (κ1) is 18.1. The summed E-state index contributed by atoms with van der Waals surface area (Å²) in [4.78, 5) is 17.4. The zero-order chi connectivity index (χ0) is 18.1. The van der Waals surface area contributed by atoms with Gasteiger partial charge in [-0.2, -0.15) is 0 Å². The van der Waals surface area contributed by atoms with E-state index in [1.165, 1.54) is 17.7 Å². The molecule has 25 heavy (non-hydrogen) atoms. The third-order valence-electron chi connectivity index (χ3n) is 5.41. The second-order valence-electron chi connectivity index (χ2n) is 8.67. The molecule has 3 rings (SSSR count). The molecule has 4 nitrogen and oxygen atoms in total. The van der Waals surface area contributed by atoms with Crippen molar-refractivity contribution in [1.82, 2.24) is 4.90 Å². The van der Waals surface area contributed by atoms with Crippen molar-refractivity contribution in [2.24, 2.45) is 0 Å². The molecule has 2 heterocycles. The molecule has 1 aromatic carbocycles. The van der Waals surface area contributed by atoms with Crippen molar-refractivity contribution >= 4 is 11.8 Å². The van der Waals surface area contributed by atoms with Gasteiger partial charge in [0, 0.05) is 25.3 Å². The Labute approximate surface area is 152 Å². The van der Waals surface area contributed by atoms with Gasteiger partial charge in [0.05, 0.1) is 5.54 Å². The van der Waals surface area contributed by atoms with Gasteiger partial charge in [0.2, 0.25) is 0 Å². The number of ether oxygens (including phenoxy) is 1. The van der Waals surface area contributed by atoms with Crippen LogP contribution in [0.4, 0.5) is 10.5 Å². The third kappa shape index (κ3) is 4.10. The number of nitrogens with zero attached hydrogens (tertiary/aromatic N) is 2. The summed E-state index contributed by atoms with van der Waals surface area (Å²) in [5.41, 5.74) is 2.02. The Balaban J connectivity index is 1.81. The Kier molecular flexibility index (Phi) is 4.99. The summed E-state index contributed by atoms with van der Waals surface area (Å²) in [7, 11) is 0. The fourth-order valence-corrected chi connectivity index (χ4v) is 4.21. The number of carbonyl (C=O) groups excluding carboxylic acids is 1. The monoisotopic (exact) mass is 344 g/mol. The van der Waals surface area contributed by atoms with Crippen molar-refractivity contribution in [3.05, 3.63) is 29.8 Å². The Hall–Kier alpha value is -1.71. The molecule has 0 radical (unpaired) electrons. The predicted molar refractivity (Wildman–Crippen MR) is 102 cm³/mol. The SMILES string of the molecule is Cc1ccc(N2CCC[C@@]3(CCCCN3C(=O)OC(C)(C)C)C2)cc1. The molecule has 4 heteroatoms. The lowest BCUT2D eigenvalue weighted by Gasteiger charge is -2.52. The lowest BCUT2D eigenvalue weighted by Crippen LogP contribution is -2.63. The van der Waals surface area contributed by atoms with Gasteiger partial charge in [0.1, 0.15) is 5.60 Å². The number of hydrogen-bond acceptors (Lipinski definition) is 3. The lowest BCUT2D eigenvalue weighted by molar-refractivity contribution is -0.0199. The van der Waals surface area contributed by atoms with Crippen LogP contribution < -0.4 is 4.90 Å². The fourth-order valence-electron chi connectivity index (χ4n) is 4.21. The average Bonchev–Trinajstić information content (AvgIpc) is 2.54. The fraction of sp³-hybridized carbons (Fsp3) is 0.667. The zero-order valence-electron chi connectivity index (χ0n) is 16.2. The summed E-state index contributed by atoms with van der Waals surface area (Å²) >= 11 is 0. The van der Waals surface area contributed by atoms with Crippen molar-refractivity contribution < 1.29 is 9.53 Å². The highest BCUT2D eigenvalue weighted by Gasteiger charge is 2.45. The Morgan fingerprint density at radius 3 is 2.40 bits per heavy atom. The van der Waals surface area contributed by atoms with Gasteiger partial charge in [-0.1, -0.05) is 17.7 Å². The van der Waals surface area contributed by atoms with Crippen LogP contribution in [0.3, 0.4) is 0 Å². The molecule has 1 amide bonds. The van der Waals surface area contributed by atoms with E-state index in [0.29, 0.717) is 0 Å². The molecule has 0 aliphatic carbocycles. The van der Waals surface area contributed by atoms with Gasteiger partial charge in [0.25, 0.3) is 0 Å². The highest BCUT2D eigenvalue weighted by Crippen LogP contribution is 2.38. The molecule has 1 atom stereocenters. The molecular formula is C21H32N2O2. The molecule has 2 fully saturated rings. The van der Waals surface area contributed by atoms with E-state index in [9.17, 15) is 4.79 Å². The van der Waals surface area contributed by atoms with Crippen molar-refractivity contribution in [1.29, 1.82) is 0 Å². The molecule has 0 N–H and O–H groups in total. The maximum Gasteiger partial charge on any atom is 0.410 e. The highest BCUT2D eigenvalue weighted by atomic mass is 16.6. The first-order valence-corrected chi connectivity index (χ1v) is 9.61. The number of benzene rings is 1. The maximum atomic E-state index is 12.9. The van der Waals surface area contributed by atoms with E-state index in [1.807, 2.05) is 25.7 Å². The molecule has 2 aliphatic heterocycles. The largest absolute Gasteiger partial charge is 0.444 e. The molecule has 0 saturated carbocycles. The second kappa shape index (κ2) is 6.89. The third-order valence-corrected chi connectivity index (χ3v) is 5.41. The number of amides is 1. The lowest BCUT2D eigenvalue weighted by atomic mass is 9.80. The first-order valence-electron chi connectivity index (χ1n) is 9.61. The van der Waals surface area contributed by atoms with E-state index in [1.54, 1.807) is 0 Å². The van der Waals surface area contributed by atoms with Gasteiger partial charge in [-0.15, -0.1) is 0 Å². The minimum atomic E-state index is -0.443. The Bertz CT molecular complexity index is 601. The summed E-state index contributed by atoms with van der Waals surface area (Å²) in [6.45, 7) is 10.7. The van der Waals surface area contributed by atoms with Gasteiger partial charge in [-0.05, 0) is 71.9 Å². The van der Waals surface area contributed by atoms with Crippen molar-refractivity contribution in [2.75, 3.05) is 24.5 Å². The van der Waals surface area contributed by atoms with E-state index < -0.39 is 5.60 Å². The van der Waals surface area contributed by atoms with Crippen LogP contribution in [0, 0.1) is 6.92 Å². The Morgan fingerprint density at radius 2 is 1.72 bits per heavy atom. The number of piperidine rings is 2. The standard InChI is InChI=1S/C21H32N2O2/c1-17-8-10-18(11-9-17)22-14-7-13-21(16-22)12-5-6-15-23(21)19(24)25-20(2,3)4/h8-11H,5-7,12-16H2,1-4H3/t21-/m0/s1. The van der Waals surface area contributed by atoms with Gasteiger partial charge < -0.3 is 14.5 Å². The smallest absolute Gasteiger partial charge is 0.410 e. The summed E-state index contributed by atoms with van der Waals surface area (Å²) in [6.07, 6.45) is 5.40. The number of carbonyl (C=O) groups is 1. The first-order chi connectivity index (χ1) is 11.8. The van der Waals surface area contributed by atoms with Gasteiger partial charge in [0.15, 0.2) is 0 Å². The van der Waals surface area contributed by atoms with E-state index in [4.69, 9.17) is 4.74 Å². The van der Waals surface area contributed by atoms with Crippen molar-refractivity contribution in [3.8, 4) is 0 Å². The van der Waals surface area contributed by atoms with Crippen LogP contribution in [0.15, 0.2) is 24.3 Å². The zero-order valence-corrected chi connectivity index (χ0v) is 16.2. The molecule has 1 spiro atoms. The molecule has 2 saturated heterocycles. The van der Waals surface area contributed by atoms with Crippen LogP contribution in [0.5, 0.6) is 0 Å². The highest BCUT2D eigenvalue weighted by molar-refractivity contribution is 5.70. The van der Waals surface area contributed by atoms with E-state index in [2.05, 4.69) is 36.1 Å². The average molecular weight is 344 g/mol. The van der Waals surface area contributed by atoms with Crippen molar-refractivity contribution in [2.45, 2.75) is 70.9 Å². The number of rotatable bonds is 1. The maximum absolute atomic E-state index is 12.9. The summed E-state index contributed by atoms with van der Waals surface area (Å²) < 4.78 is 5.73. The number of aryl methyl sites for hydroxylation is 1. The molecule has 1 aromatic rings. The predicted octanol–water partition coefficient (Wildman–Crippen LogP) is 4.76. The summed E-state index contributed by atoms with van der Waals surface area (Å²) in [5.74, 6) is 0. The van der Waals surface area contributed by atoms with E-state index >= 15 is 0 Å². The van der Waals surface area contributed by atoms with Gasteiger partial charge in [-0.3, -0.25) is 0 Å². The van der Waals surface area contributed by atoms with Crippen LogP contribution in [0.1, 0.15) is 58.4 Å². The van der Waals surface area contributed by atoms with Crippen molar-refractivity contribution in [3.63, 3.8) is 0 Å². The second-order valence-corrected chi connectivity index (χ2v) is 8.67. The minimum absolute atomic E-state index is 0.0796. The van der Waals surface area contributed by atoms with Crippen LogP contribution in [0.2, 0.25) is 0 Å². The Morgan fingerprint density at radius 1 is 1.04 bits per heavy atom. The van der Waals surface area contributed by atoms with Gasteiger partial charge >= 0.3 is 6.09 Å². The summed E-state index contributed by atoms with van der Waals surface area (Å²) in [5, 5.41) is 0. The van der Waals surface area contributed by atoms with Crippen LogP contribution in [-0.2, 0) is 4.74 Å². The number of anilines is 1. The molecule has 0 unspecified atom stereocenters. The summed E-state index contributed by atoms with van der Waals surface area (Å²) in [6, 6.07) is 8.75. The molecular weight excluding hydrogens is 312 g/mol. The number of hydrogen-bond donors (Lipinski definition) is 0. The molecule has 138 valence electrons. The van der Waals surface area contributed by atoms with E-state index in [0.717, 1.165) is 45.3 Å². The topological polar surface area (TPSA) is 32.8 Å². The molecule has 2 aliphatic rings. The molecule has 0 bridgehead atoms. The molecule has 0 aromatic heterocycles. The van der Waals surface area contributed by atoms with Gasteiger partial charge in [-0.25, -0.2) is 4.79 Å². The number of likely N-dealkylation sites (tertiary alicyclic amines) is 1. The van der Waals surface area contributed by atoms with Crippen LogP contribution in [0.25, 0.3) is 0 Å². The quantitative estimate of drug-likeness (QED) is 0.737. The van der Waals surface area contributed by atoms with E-state index in [-0.39, 0.29) is 11.6 Å². The normalized spacial score (nSPS) is 24.5.